The lowest BCUT2D eigenvalue weighted by atomic mass is 10.1. The summed E-state index contributed by atoms with van der Waals surface area (Å²) in [6.45, 7) is 0. The second kappa shape index (κ2) is 4.28. The lowest BCUT2D eigenvalue weighted by molar-refractivity contribution is 0.107. The summed E-state index contributed by atoms with van der Waals surface area (Å²) in [7, 11) is 0. The third-order valence-corrected chi connectivity index (χ3v) is 1.73. The standard InChI is InChI=1S/C8H2ClF3N2O/c9-7(15)6-4(2-13)3(8(11)12)1-5(10)14-6/h1,8H. The first-order chi connectivity index (χ1) is 6.97. The number of halogens is 4. The molecule has 1 heterocycles. The minimum absolute atomic E-state index is 0.395. The van der Waals surface area contributed by atoms with Crippen LogP contribution in [0.5, 0.6) is 0 Å². The highest BCUT2D eigenvalue weighted by atomic mass is 35.5. The molecular weight excluding hydrogens is 233 g/mol. The van der Waals surface area contributed by atoms with Crippen LogP contribution in [-0.2, 0) is 0 Å². The Balaban J connectivity index is 3.54. The first kappa shape index (κ1) is 11.5. The molecule has 0 fully saturated rings. The molecule has 0 unspecified atom stereocenters. The zero-order chi connectivity index (χ0) is 11.6. The Labute approximate surface area is 87.1 Å². The van der Waals surface area contributed by atoms with Crippen LogP contribution in [0.4, 0.5) is 13.2 Å². The number of nitriles is 1. The minimum Gasteiger partial charge on any atom is -0.274 e. The van der Waals surface area contributed by atoms with E-state index < -0.39 is 34.4 Å². The van der Waals surface area contributed by atoms with Gasteiger partial charge in [-0.25, -0.2) is 13.8 Å². The molecule has 0 saturated carbocycles. The molecular formula is C8H2ClF3N2O. The normalized spacial score (nSPS) is 10.1. The Morgan fingerprint density at radius 3 is 2.60 bits per heavy atom. The number of carbonyl (C=O) groups is 1. The molecule has 0 saturated heterocycles. The van der Waals surface area contributed by atoms with Crippen molar-refractivity contribution < 1.29 is 18.0 Å². The summed E-state index contributed by atoms with van der Waals surface area (Å²) < 4.78 is 37.4. The molecule has 7 heteroatoms. The summed E-state index contributed by atoms with van der Waals surface area (Å²) in [5.74, 6) is -1.28. The van der Waals surface area contributed by atoms with Crippen LogP contribution in [-0.4, -0.2) is 10.2 Å². The average molecular weight is 235 g/mol. The summed E-state index contributed by atoms with van der Waals surface area (Å²) in [5.41, 5.74) is -2.39. The first-order valence-corrected chi connectivity index (χ1v) is 3.93. The van der Waals surface area contributed by atoms with Crippen molar-refractivity contribution in [3.05, 3.63) is 28.8 Å². The van der Waals surface area contributed by atoms with Crippen molar-refractivity contribution in [3.63, 3.8) is 0 Å². The number of nitrogens with zero attached hydrogens (tertiary/aromatic N) is 2. The summed E-state index contributed by atoms with van der Waals surface area (Å²) in [5, 5.41) is 7.27. The van der Waals surface area contributed by atoms with Crippen molar-refractivity contribution in [3.8, 4) is 6.07 Å². The van der Waals surface area contributed by atoms with E-state index in [2.05, 4.69) is 4.98 Å². The predicted molar refractivity (Wildman–Crippen MR) is 44.1 cm³/mol. The average Bonchev–Trinajstić information content (AvgIpc) is 2.16. The van der Waals surface area contributed by atoms with Crippen molar-refractivity contribution in [2.45, 2.75) is 6.43 Å². The topological polar surface area (TPSA) is 53.8 Å². The molecule has 0 atom stereocenters. The van der Waals surface area contributed by atoms with E-state index in [9.17, 15) is 18.0 Å². The second-order valence-corrected chi connectivity index (χ2v) is 2.79. The predicted octanol–water partition coefficient (Wildman–Crippen LogP) is 2.41. The van der Waals surface area contributed by atoms with E-state index >= 15 is 0 Å². The first-order valence-electron chi connectivity index (χ1n) is 3.56. The maximum Gasteiger partial charge on any atom is 0.272 e. The van der Waals surface area contributed by atoms with Gasteiger partial charge in [-0.15, -0.1) is 0 Å². The molecule has 0 amide bonds. The number of rotatable bonds is 2. The highest BCUT2D eigenvalue weighted by Gasteiger charge is 2.22. The quantitative estimate of drug-likeness (QED) is 0.583. The Bertz CT molecular complexity index is 456. The molecule has 0 spiro atoms. The fourth-order valence-corrected chi connectivity index (χ4v) is 1.10. The van der Waals surface area contributed by atoms with Crippen LogP contribution < -0.4 is 0 Å². The molecule has 0 N–H and O–H groups in total. The Morgan fingerprint density at radius 1 is 1.60 bits per heavy atom. The molecule has 0 aromatic carbocycles. The van der Waals surface area contributed by atoms with Crippen LogP contribution in [0, 0.1) is 17.3 Å². The van der Waals surface area contributed by atoms with Gasteiger partial charge in [0.1, 0.15) is 11.8 Å². The maximum absolute atomic E-state index is 12.7. The van der Waals surface area contributed by atoms with E-state index in [0.29, 0.717) is 6.07 Å². The molecule has 0 aliphatic rings. The van der Waals surface area contributed by atoms with Crippen molar-refractivity contribution in [2.24, 2.45) is 0 Å². The van der Waals surface area contributed by atoms with Gasteiger partial charge in [-0.1, -0.05) is 0 Å². The Kier molecular flexibility index (Phi) is 3.27. The van der Waals surface area contributed by atoms with Gasteiger partial charge in [-0.05, 0) is 11.6 Å². The smallest absolute Gasteiger partial charge is 0.272 e. The van der Waals surface area contributed by atoms with Crippen molar-refractivity contribution in [2.75, 3.05) is 0 Å². The molecule has 0 aliphatic carbocycles. The van der Waals surface area contributed by atoms with E-state index in [0.717, 1.165) is 0 Å². The van der Waals surface area contributed by atoms with E-state index in [4.69, 9.17) is 16.9 Å². The highest BCUT2D eigenvalue weighted by molar-refractivity contribution is 6.67. The Hall–Kier alpha value is -1.61. The number of aromatic nitrogens is 1. The number of hydrogen-bond donors (Lipinski definition) is 0. The van der Waals surface area contributed by atoms with Crippen LogP contribution in [0.2, 0.25) is 0 Å². The van der Waals surface area contributed by atoms with Crippen LogP contribution in [0.1, 0.15) is 28.0 Å². The van der Waals surface area contributed by atoms with E-state index in [1.54, 1.807) is 0 Å². The van der Waals surface area contributed by atoms with Gasteiger partial charge < -0.3 is 0 Å². The van der Waals surface area contributed by atoms with Crippen LogP contribution in [0.15, 0.2) is 6.07 Å². The Morgan fingerprint density at radius 2 is 2.20 bits per heavy atom. The van der Waals surface area contributed by atoms with Crippen LogP contribution in [0.25, 0.3) is 0 Å². The number of alkyl halides is 2. The summed E-state index contributed by atoms with van der Waals surface area (Å²) in [6, 6.07) is 1.74. The zero-order valence-corrected chi connectivity index (χ0v) is 7.73. The molecule has 0 aliphatic heterocycles. The zero-order valence-electron chi connectivity index (χ0n) is 6.97. The van der Waals surface area contributed by atoms with Gasteiger partial charge in [0.05, 0.1) is 5.56 Å². The molecule has 1 rings (SSSR count). The lowest BCUT2D eigenvalue weighted by Crippen LogP contribution is -2.05. The monoisotopic (exact) mass is 234 g/mol. The number of hydrogen-bond acceptors (Lipinski definition) is 3. The van der Waals surface area contributed by atoms with Gasteiger partial charge in [0.15, 0.2) is 0 Å². The molecule has 1 aromatic rings. The van der Waals surface area contributed by atoms with Gasteiger partial charge in [0.2, 0.25) is 5.95 Å². The van der Waals surface area contributed by atoms with Gasteiger partial charge in [-0.2, -0.15) is 9.65 Å². The fraction of sp³-hybridized carbons (Fsp3) is 0.125. The van der Waals surface area contributed by atoms with Crippen molar-refractivity contribution >= 4 is 16.8 Å². The SMILES string of the molecule is N#Cc1c(C(F)F)cc(F)nc1C(=O)Cl. The minimum atomic E-state index is -3.08. The van der Waals surface area contributed by atoms with Gasteiger partial charge in [0.25, 0.3) is 11.7 Å². The third kappa shape index (κ3) is 2.25. The molecule has 0 bridgehead atoms. The van der Waals surface area contributed by atoms with Crippen LogP contribution in [0.3, 0.4) is 0 Å². The van der Waals surface area contributed by atoms with Crippen molar-refractivity contribution in [1.82, 2.24) is 4.98 Å². The number of carbonyl (C=O) groups excluding carboxylic acids is 1. The van der Waals surface area contributed by atoms with E-state index in [1.165, 1.54) is 6.07 Å². The summed E-state index contributed by atoms with van der Waals surface area (Å²) >= 11 is 4.97. The van der Waals surface area contributed by atoms with Gasteiger partial charge in [-0.3, -0.25) is 4.79 Å². The van der Waals surface area contributed by atoms with Gasteiger partial charge in [0, 0.05) is 11.6 Å². The highest BCUT2D eigenvalue weighted by Crippen LogP contribution is 2.25. The van der Waals surface area contributed by atoms with Crippen LogP contribution >= 0.6 is 11.6 Å². The maximum atomic E-state index is 12.7. The molecule has 0 radical (unpaired) electrons. The van der Waals surface area contributed by atoms with E-state index in [-0.39, 0.29) is 0 Å². The molecule has 15 heavy (non-hydrogen) atoms. The van der Waals surface area contributed by atoms with Gasteiger partial charge >= 0.3 is 0 Å². The fourth-order valence-electron chi connectivity index (χ4n) is 0.964. The lowest BCUT2D eigenvalue weighted by Gasteiger charge is -2.04. The molecule has 3 nitrogen and oxygen atoms in total. The second-order valence-electron chi connectivity index (χ2n) is 2.44. The molecule has 78 valence electrons. The summed E-state index contributed by atoms with van der Waals surface area (Å²) in [6.07, 6.45) is -3.08. The largest absolute Gasteiger partial charge is 0.274 e. The number of pyridine rings is 1. The summed E-state index contributed by atoms with van der Waals surface area (Å²) in [4.78, 5) is 13.7. The van der Waals surface area contributed by atoms with E-state index in [1.807, 2.05) is 0 Å². The van der Waals surface area contributed by atoms with Crippen molar-refractivity contribution in [1.29, 1.82) is 5.26 Å². The molecule has 1 aromatic heterocycles. The third-order valence-electron chi connectivity index (χ3n) is 1.55.